The Hall–Kier alpha value is -4.00. The Bertz CT molecular complexity index is 1360. The normalized spacial score (nSPS) is 15.9. The summed E-state index contributed by atoms with van der Waals surface area (Å²) in [5.74, 6) is 0.193. The van der Waals surface area contributed by atoms with Crippen LogP contribution in [0.2, 0.25) is 0 Å². The molecule has 3 aromatic rings. The smallest absolute Gasteiger partial charge is 0.335 e. The SMILES string of the molecule is CCCC(=O)NCCOCCOc1cc2c(cc1Oc1ccc(C(=O)O)cc1)[C@@](C)(CC(=O)Nc1nccs1)NCC2. The van der Waals surface area contributed by atoms with Crippen molar-refractivity contribution in [2.24, 2.45) is 0 Å². The third-order valence-electron chi connectivity index (χ3n) is 6.73. The maximum Gasteiger partial charge on any atom is 0.335 e. The summed E-state index contributed by atoms with van der Waals surface area (Å²) in [6.45, 7) is 5.97. The molecule has 42 heavy (non-hydrogen) atoms. The summed E-state index contributed by atoms with van der Waals surface area (Å²) in [5.41, 5.74) is 1.41. The van der Waals surface area contributed by atoms with Crippen LogP contribution in [0.25, 0.3) is 0 Å². The number of aromatic carboxylic acids is 1. The Kier molecular flexibility index (Phi) is 10.9. The molecule has 1 aromatic heterocycles. The van der Waals surface area contributed by atoms with E-state index in [9.17, 15) is 19.5 Å². The first-order valence-electron chi connectivity index (χ1n) is 13.9. The number of rotatable bonds is 15. The molecule has 4 rings (SSSR count). The van der Waals surface area contributed by atoms with E-state index in [1.54, 1.807) is 23.7 Å². The van der Waals surface area contributed by atoms with E-state index in [4.69, 9.17) is 14.2 Å². The van der Waals surface area contributed by atoms with Gasteiger partial charge in [-0.05, 0) is 67.3 Å². The molecular formula is C30H36N4O7S. The minimum absolute atomic E-state index is 0.00625. The molecule has 0 bridgehead atoms. The Labute approximate surface area is 248 Å². The van der Waals surface area contributed by atoms with Crippen LogP contribution in [0.5, 0.6) is 17.2 Å². The van der Waals surface area contributed by atoms with Crippen LogP contribution < -0.4 is 25.4 Å². The van der Waals surface area contributed by atoms with Crippen molar-refractivity contribution in [2.45, 2.75) is 45.1 Å². The van der Waals surface area contributed by atoms with Crippen LogP contribution in [0, 0.1) is 0 Å². The van der Waals surface area contributed by atoms with Gasteiger partial charge in [-0.15, -0.1) is 11.3 Å². The number of benzene rings is 2. The zero-order chi connectivity index (χ0) is 30.0. The molecule has 0 aliphatic carbocycles. The van der Waals surface area contributed by atoms with Gasteiger partial charge in [-0.2, -0.15) is 0 Å². The topological polar surface area (TPSA) is 148 Å². The second kappa shape index (κ2) is 14.8. The summed E-state index contributed by atoms with van der Waals surface area (Å²) >= 11 is 1.36. The minimum Gasteiger partial charge on any atom is -0.487 e. The number of aromatic nitrogens is 1. The van der Waals surface area contributed by atoms with Gasteiger partial charge in [0.05, 0.1) is 18.8 Å². The molecule has 2 amide bonds. The third kappa shape index (κ3) is 8.51. The molecule has 0 unspecified atom stereocenters. The van der Waals surface area contributed by atoms with Gasteiger partial charge in [-0.1, -0.05) is 6.92 Å². The predicted molar refractivity (Wildman–Crippen MR) is 159 cm³/mol. The number of thiazole rings is 1. The fourth-order valence-electron chi connectivity index (χ4n) is 4.69. The van der Waals surface area contributed by atoms with E-state index >= 15 is 0 Å². The molecule has 1 aliphatic heterocycles. The Morgan fingerprint density at radius 1 is 1.10 bits per heavy atom. The highest BCUT2D eigenvalue weighted by atomic mass is 32.1. The zero-order valence-electron chi connectivity index (χ0n) is 23.7. The summed E-state index contributed by atoms with van der Waals surface area (Å²) in [5, 5.41) is 20.7. The molecule has 0 saturated carbocycles. The lowest BCUT2D eigenvalue weighted by Gasteiger charge is -2.37. The number of hydrogen-bond donors (Lipinski definition) is 4. The number of carboxylic acid groups (broad SMARTS) is 1. The number of nitrogens with one attached hydrogen (secondary N) is 3. The van der Waals surface area contributed by atoms with Crippen LogP contribution in [0.4, 0.5) is 5.13 Å². The number of carboxylic acids is 1. The molecule has 2 aromatic carbocycles. The Balaban J connectivity index is 1.49. The van der Waals surface area contributed by atoms with Gasteiger partial charge in [-0.25, -0.2) is 9.78 Å². The van der Waals surface area contributed by atoms with Crippen molar-refractivity contribution in [1.82, 2.24) is 15.6 Å². The van der Waals surface area contributed by atoms with Gasteiger partial charge < -0.3 is 35.3 Å². The van der Waals surface area contributed by atoms with Gasteiger partial charge in [0.1, 0.15) is 12.4 Å². The van der Waals surface area contributed by atoms with E-state index in [1.807, 2.05) is 26.0 Å². The number of amides is 2. The summed E-state index contributed by atoms with van der Waals surface area (Å²) in [7, 11) is 0. The maximum absolute atomic E-state index is 12.9. The molecule has 0 fully saturated rings. The fraction of sp³-hybridized carbons (Fsp3) is 0.400. The molecule has 11 nitrogen and oxygen atoms in total. The van der Waals surface area contributed by atoms with E-state index in [0.717, 1.165) is 24.0 Å². The molecule has 0 saturated heterocycles. The summed E-state index contributed by atoms with van der Waals surface area (Å²) in [6, 6.07) is 9.92. The van der Waals surface area contributed by atoms with Crippen molar-refractivity contribution in [3.8, 4) is 17.2 Å². The van der Waals surface area contributed by atoms with Crippen molar-refractivity contribution in [3.63, 3.8) is 0 Å². The second-order valence-electron chi connectivity index (χ2n) is 10.0. The number of carbonyl (C=O) groups is 3. The standard InChI is InChI=1S/C30H36N4O7S/c1-3-4-26(35)31-11-13-39-14-15-40-24-17-21-9-10-33-30(2,19-27(36)34-29-32-12-16-42-29)23(21)18-25(24)41-22-7-5-20(6-8-22)28(37)38/h5-8,12,16-18,33H,3-4,9-11,13-15,19H2,1-2H3,(H,31,35)(H,37,38)(H,32,34,36)/t30-/m1/s1. The minimum atomic E-state index is -1.03. The van der Waals surface area contributed by atoms with Gasteiger partial charge in [0.2, 0.25) is 11.8 Å². The summed E-state index contributed by atoms with van der Waals surface area (Å²) in [4.78, 5) is 39.9. The maximum atomic E-state index is 12.9. The molecule has 12 heteroatoms. The van der Waals surface area contributed by atoms with Crippen molar-refractivity contribution >= 4 is 34.3 Å². The lowest BCUT2D eigenvalue weighted by molar-refractivity contribution is -0.121. The van der Waals surface area contributed by atoms with Crippen LogP contribution in [0.3, 0.4) is 0 Å². The number of ether oxygens (including phenoxy) is 3. The average molecular weight is 597 g/mol. The van der Waals surface area contributed by atoms with Crippen LogP contribution in [0.15, 0.2) is 48.0 Å². The lowest BCUT2D eigenvalue weighted by atomic mass is 9.81. The molecule has 1 atom stereocenters. The highest BCUT2D eigenvalue weighted by Gasteiger charge is 2.35. The van der Waals surface area contributed by atoms with E-state index in [1.165, 1.54) is 23.5 Å². The number of anilines is 1. The van der Waals surface area contributed by atoms with Crippen LogP contribution in [-0.2, 0) is 26.3 Å². The van der Waals surface area contributed by atoms with E-state index in [0.29, 0.717) is 55.1 Å². The largest absolute Gasteiger partial charge is 0.487 e. The van der Waals surface area contributed by atoms with Gasteiger partial charge in [0.15, 0.2) is 16.6 Å². The third-order valence-corrected chi connectivity index (χ3v) is 7.41. The summed E-state index contributed by atoms with van der Waals surface area (Å²) in [6.07, 6.45) is 3.84. The predicted octanol–water partition coefficient (Wildman–Crippen LogP) is 4.34. The van der Waals surface area contributed by atoms with Gasteiger partial charge in [-0.3, -0.25) is 9.59 Å². The molecule has 224 valence electrons. The molecular weight excluding hydrogens is 560 g/mol. The van der Waals surface area contributed by atoms with Crippen LogP contribution in [-0.4, -0.2) is 60.8 Å². The highest BCUT2D eigenvalue weighted by Crippen LogP contribution is 2.41. The first kappa shape index (κ1) is 30.9. The van der Waals surface area contributed by atoms with Gasteiger partial charge in [0, 0.05) is 43.0 Å². The van der Waals surface area contributed by atoms with Gasteiger partial charge >= 0.3 is 5.97 Å². The zero-order valence-corrected chi connectivity index (χ0v) is 24.6. The van der Waals surface area contributed by atoms with E-state index in [2.05, 4.69) is 20.9 Å². The van der Waals surface area contributed by atoms with E-state index < -0.39 is 11.5 Å². The summed E-state index contributed by atoms with van der Waals surface area (Å²) < 4.78 is 17.9. The van der Waals surface area contributed by atoms with Crippen LogP contribution in [0.1, 0.15) is 54.6 Å². The van der Waals surface area contributed by atoms with Crippen LogP contribution >= 0.6 is 11.3 Å². The lowest BCUT2D eigenvalue weighted by Crippen LogP contribution is -2.47. The van der Waals surface area contributed by atoms with Crippen molar-refractivity contribution in [1.29, 1.82) is 0 Å². The average Bonchev–Trinajstić information content (AvgIpc) is 3.46. The van der Waals surface area contributed by atoms with Crippen molar-refractivity contribution in [3.05, 3.63) is 64.7 Å². The quantitative estimate of drug-likeness (QED) is 0.188. The van der Waals surface area contributed by atoms with Crippen molar-refractivity contribution < 1.29 is 33.7 Å². The number of nitrogens with zero attached hydrogens (tertiary/aromatic N) is 1. The first-order valence-corrected chi connectivity index (χ1v) is 14.8. The number of fused-ring (bicyclic) bond motifs is 1. The molecule has 2 heterocycles. The monoisotopic (exact) mass is 596 g/mol. The molecule has 0 radical (unpaired) electrons. The Morgan fingerprint density at radius 3 is 2.62 bits per heavy atom. The van der Waals surface area contributed by atoms with Gasteiger partial charge in [0.25, 0.3) is 0 Å². The highest BCUT2D eigenvalue weighted by molar-refractivity contribution is 7.13. The Morgan fingerprint density at radius 2 is 1.90 bits per heavy atom. The van der Waals surface area contributed by atoms with E-state index in [-0.39, 0.29) is 30.4 Å². The number of hydrogen-bond acceptors (Lipinski definition) is 9. The number of carbonyl (C=O) groups excluding carboxylic acids is 2. The molecule has 0 spiro atoms. The fourth-order valence-corrected chi connectivity index (χ4v) is 5.24. The first-order chi connectivity index (χ1) is 20.3. The molecule has 1 aliphatic rings. The molecule has 4 N–H and O–H groups in total. The van der Waals surface area contributed by atoms with Crippen molar-refractivity contribution in [2.75, 3.05) is 38.2 Å². The second-order valence-corrected chi connectivity index (χ2v) is 10.9.